The molecule has 2 aliphatic heterocycles. The van der Waals surface area contributed by atoms with Gasteiger partial charge in [0.15, 0.2) is 11.5 Å². The number of sulfonamides is 1. The van der Waals surface area contributed by atoms with E-state index in [1.54, 1.807) is 42.5 Å². The molecule has 3 atom stereocenters. The number of carbonyl (C=O) groups is 3. The van der Waals surface area contributed by atoms with Gasteiger partial charge in [-0.05, 0) is 66.2 Å². The third-order valence-corrected chi connectivity index (χ3v) is 11.7. The van der Waals surface area contributed by atoms with E-state index < -0.39 is 49.7 Å². The molecule has 0 bridgehead atoms. The molecular formula is C30H25BrN4O8S3. The van der Waals surface area contributed by atoms with Gasteiger partial charge in [-0.25, -0.2) is 18.5 Å². The summed E-state index contributed by atoms with van der Waals surface area (Å²) in [5.74, 6) is -2.04. The standard InChI is InChI=1S/C30H25BrN4O8S3/c1-42-20-12-3-15(13-21(20)43-2)23-24-25(28(38)35(27(24)37)18-8-4-16(31)5-9-18)44-29-26(23)45-30(39)34(29)14-22(36)33-17-6-10-19(11-7-17)46(32,40)41/h3-13,23-25H,14H2,1-2H3,(H,33,36)(H2,32,40,41)/t23-,24+,25-/m0/s1. The number of carbonyl (C=O) groups excluding carboxylic acids is 3. The number of anilines is 2. The molecule has 12 nitrogen and oxygen atoms in total. The van der Waals surface area contributed by atoms with Gasteiger partial charge in [-0.15, -0.1) is 0 Å². The molecule has 238 valence electrons. The fourth-order valence-corrected chi connectivity index (χ4v) is 9.13. The zero-order valence-electron chi connectivity index (χ0n) is 24.1. The van der Waals surface area contributed by atoms with Crippen LogP contribution in [0, 0.1) is 5.92 Å². The highest BCUT2D eigenvalue weighted by Gasteiger charge is 2.57. The fourth-order valence-electron chi connectivity index (χ4n) is 5.58. The quantitative estimate of drug-likeness (QED) is 0.255. The predicted octanol–water partition coefficient (Wildman–Crippen LogP) is 3.77. The summed E-state index contributed by atoms with van der Waals surface area (Å²) in [6.45, 7) is -0.386. The molecule has 1 saturated heterocycles. The summed E-state index contributed by atoms with van der Waals surface area (Å²) in [5, 5.41) is 7.34. The number of thioether (sulfide) groups is 1. The zero-order valence-corrected chi connectivity index (χ0v) is 28.2. The van der Waals surface area contributed by atoms with Crippen LogP contribution >= 0.6 is 39.0 Å². The van der Waals surface area contributed by atoms with Gasteiger partial charge in [0.25, 0.3) is 0 Å². The van der Waals surface area contributed by atoms with Gasteiger partial charge in [0.2, 0.25) is 27.7 Å². The molecule has 3 N–H and O–H groups in total. The van der Waals surface area contributed by atoms with E-state index in [4.69, 9.17) is 14.6 Å². The molecule has 4 aromatic rings. The van der Waals surface area contributed by atoms with E-state index in [0.29, 0.717) is 38.3 Å². The molecule has 1 aromatic heterocycles. The van der Waals surface area contributed by atoms with Gasteiger partial charge in [-0.2, -0.15) is 0 Å². The molecule has 6 rings (SSSR count). The van der Waals surface area contributed by atoms with E-state index in [0.717, 1.165) is 27.6 Å². The van der Waals surface area contributed by atoms with Crippen LogP contribution in [0.1, 0.15) is 16.4 Å². The van der Waals surface area contributed by atoms with Crippen molar-refractivity contribution in [1.29, 1.82) is 0 Å². The maximum absolute atomic E-state index is 14.1. The molecule has 1 fully saturated rings. The summed E-state index contributed by atoms with van der Waals surface area (Å²) in [4.78, 5) is 55.8. The lowest BCUT2D eigenvalue weighted by Gasteiger charge is -2.31. The Labute approximate surface area is 279 Å². The van der Waals surface area contributed by atoms with Gasteiger partial charge in [0.1, 0.15) is 11.8 Å². The highest BCUT2D eigenvalue weighted by molar-refractivity contribution is 9.10. The van der Waals surface area contributed by atoms with Crippen LogP contribution in [0.3, 0.4) is 0 Å². The third kappa shape index (κ3) is 5.75. The van der Waals surface area contributed by atoms with Crippen molar-refractivity contribution in [1.82, 2.24) is 4.57 Å². The summed E-state index contributed by atoms with van der Waals surface area (Å²) >= 11 is 5.39. The predicted molar refractivity (Wildman–Crippen MR) is 176 cm³/mol. The largest absolute Gasteiger partial charge is 0.493 e. The lowest BCUT2D eigenvalue weighted by Crippen LogP contribution is -2.33. The Morgan fingerprint density at radius 3 is 2.26 bits per heavy atom. The number of thiazole rings is 1. The topological polar surface area (TPSA) is 167 Å². The Kier molecular flexibility index (Phi) is 8.58. The molecule has 3 amide bonds. The molecule has 16 heteroatoms. The van der Waals surface area contributed by atoms with Crippen LogP contribution < -0.4 is 29.7 Å². The Morgan fingerprint density at radius 2 is 1.63 bits per heavy atom. The molecule has 2 aliphatic rings. The van der Waals surface area contributed by atoms with Crippen LogP contribution in [-0.2, 0) is 31.0 Å². The minimum absolute atomic E-state index is 0.117. The number of rotatable bonds is 8. The molecule has 0 spiro atoms. The lowest BCUT2D eigenvalue weighted by molar-refractivity contribution is -0.122. The first-order valence-corrected chi connectivity index (χ1v) is 17.6. The highest BCUT2D eigenvalue weighted by Crippen LogP contribution is 2.54. The number of nitrogens with zero attached hydrogens (tertiary/aromatic N) is 2. The summed E-state index contributed by atoms with van der Waals surface area (Å²) in [5.41, 5.74) is 1.36. The van der Waals surface area contributed by atoms with Crippen LogP contribution in [0.25, 0.3) is 0 Å². The minimum atomic E-state index is -3.91. The van der Waals surface area contributed by atoms with Crippen molar-refractivity contribution in [3.8, 4) is 11.5 Å². The van der Waals surface area contributed by atoms with Crippen LogP contribution in [0.5, 0.6) is 11.5 Å². The number of hydrogen-bond donors (Lipinski definition) is 2. The first kappa shape index (κ1) is 32.0. The van der Waals surface area contributed by atoms with Crippen molar-refractivity contribution in [2.45, 2.75) is 27.6 Å². The SMILES string of the molecule is COc1ccc([C@@H]2c3sc(=O)n(CC(=O)Nc4ccc(S(N)(=O)=O)cc4)c3S[C@@H]3C(=O)N(c4ccc(Br)cc4)C(=O)[C@H]23)cc1OC. The Bertz CT molecular complexity index is 2050. The maximum atomic E-state index is 14.1. The van der Waals surface area contributed by atoms with Gasteiger partial charge in [-0.3, -0.25) is 23.7 Å². The van der Waals surface area contributed by atoms with Crippen molar-refractivity contribution < 1.29 is 32.3 Å². The van der Waals surface area contributed by atoms with Gasteiger partial charge in [0.05, 0.1) is 35.7 Å². The second-order valence-corrected chi connectivity index (χ2v) is 15.0. The van der Waals surface area contributed by atoms with Crippen molar-refractivity contribution >= 4 is 78.1 Å². The second kappa shape index (κ2) is 12.3. The summed E-state index contributed by atoms with van der Waals surface area (Å²) in [7, 11) is -0.921. The van der Waals surface area contributed by atoms with Gasteiger partial charge >= 0.3 is 4.87 Å². The molecule has 0 unspecified atom stereocenters. The van der Waals surface area contributed by atoms with E-state index >= 15 is 0 Å². The van der Waals surface area contributed by atoms with E-state index in [9.17, 15) is 27.6 Å². The number of hydrogen-bond acceptors (Lipinski definition) is 10. The molecule has 0 saturated carbocycles. The minimum Gasteiger partial charge on any atom is -0.493 e. The van der Waals surface area contributed by atoms with E-state index in [1.807, 2.05) is 0 Å². The number of nitrogens with two attached hydrogens (primary N) is 1. The van der Waals surface area contributed by atoms with Crippen LogP contribution in [0.4, 0.5) is 11.4 Å². The summed E-state index contributed by atoms with van der Waals surface area (Å²) in [6, 6.07) is 17.3. The summed E-state index contributed by atoms with van der Waals surface area (Å²) in [6.07, 6.45) is 0. The molecule has 0 aliphatic carbocycles. The van der Waals surface area contributed by atoms with Gasteiger partial charge in [0, 0.05) is 21.0 Å². The van der Waals surface area contributed by atoms with Crippen LogP contribution in [-0.4, -0.2) is 50.2 Å². The number of benzene rings is 3. The van der Waals surface area contributed by atoms with Crippen LogP contribution in [0.2, 0.25) is 0 Å². The Hall–Kier alpha value is -3.96. The van der Waals surface area contributed by atoms with Crippen molar-refractivity contribution in [3.63, 3.8) is 0 Å². The fraction of sp³-hybridized carbons (Fsp3) is 0.200. The first-order valence-electron chi connectivity index (χ1n) is 13.6. The van der Waals surface area contributed by atoms with Crippen LogP contribution in [0.15, 0.2) is 85.9 Å². The average Bonchev–Trinajstić information content (AvgIpc) is 3.47. The smallest absolute Gasteiger partial charge is 0.308 e. The van der Waals surface area contributed by atoms with Crippen molar-refractivity contribution in [2.75, 3.05) is 24.4 Å². The van der Waals surface area contributed by atoms with E-state index in [1.165, 1.54) is 48.0 Å². The van der Waals surface area contributed by atoms with Gasteiger partial charge in [-0.1, -0.05) is 45.1 Å². The zero-order chi connectivity index (χ0) is 32.9. The van der Waals surface area contributed by atoms with Gasteiger partial charge < -0.3 is 14.8 Å². The number of ether oxygens (including phenoxy) is 2. The van der Waals surface area contributed by atoms with E-state index in [2.05, 4.69) is 21.2 Å². The van der Waals surface area contributed by atoms with Crippen molar-refractivity contribution in [2.24, 2.45) is 11.1 Å². The average molecular weight is 746 g/mol. The number of amides is 3. The number of halogens is 1. The Balaban J connectivity index is 1.40. The lowest BCUT2D eigenvalue weighted by atomic mass is 9.83. The number of fused-ring (bicyclic) bond motifs is 2. The molecule has 46 heavy (non-hydrogen) atoms. The molecule has 0 radical (unpaired) electrons. The number of primary sulfonamides is 1. The first-order chi connectivity index (χ1) is 21.9. The summed E-state index contributed by atoms with van der Waals surface area (Å²) < 4.78 is 36.2. The number of imide groups is 1. The third-order valence-electron chi connectivity index (χ3n) is 7.67. The molecular weight excluding hydrogens is 720 g/mol. The van der Waals surface area contributed by atoms with E-state index in [-0.39, 0.29) is 11.4 Å². The number of aromatic nitrogens is 1. The monoisotopic (exact) mass is 744 g/mol. The number of methoxy groups -OCH3 is 2. The Morgan fingerprint density at radius 1 is 0.957 bits per heavy atom. The normalized spacial score (nSPS) is 19.0. The number of nitrogens with one attached hydrogen (secondary N) is 1. The van der Waals surface area contributed by atoms with Crippen molar-refractivity contribution in [3.05, 3.63) is 91.3 Å². The maximum Gasteiger partial charge on any atom is 0.308 e. The highest BCUT2D eigenvalue weighted by atomic mass is 79.9. The molecule has 3 aromatic carbocycles. The molecule has 3 heterocycles. The second-order valence-electron chi connectivity index (χ2n) is 10.4.